The van der Waals surface area contributed by atoms with Gasteiger partial charge >= 0.3 is 0 Å². The standard InChI is InChI=1S/C12H18BrNO/c1-12(2)7-3-4-8(12)11(14)9-5-6-10(13)15-9/h5-6,8,11H,3-4,7,14H2,1-2H3. The van der Waals surface area contributed by atoms with Gasteiger partial charge in [-0.25, -0.2) is 0 Å². The lowest BCUT2D eigenvalue weighted by molar-refractivity contribution is 0.205. The molecule has 1 saturated carbocycles. The number of nitrogens with two attached hydrogens (primary N) is 1. The lowest BCUT2D eigenvalue weighted by Gasteiger charge is -2.30. The van der Waals surface area contributed by atoms with Crippen molar-refractivity contribution in [2.75, 3.05) is 0 Å². The van der Waals surface area contributed by atoms with Crippen molar-refractivity contribution in [1.82, 2.24) is 0 Å². The third-order valence-electron chi connectivity index (χ3n) is 3.70. The van der Waals surface area contributed by atoms with E-state index in [4.69, 9.17) is 10.2 Å². The Labute approximate surface area is 99.3 Å². The minimum atomic E-state index is 0.0359. The monoisotopic (exact) mass is 271 g/mol. The van der Waals surface area contributed by atoms with Crippen molar-refractivity contribution in [1.29, 1.82) is 0 Å². The van der Waals surface area contributed by atoms with Crippen molar-refractivity contribution in [2.24, 2.45) is 17.1 Å². The quantitative estimate of drug-likeness (QED) is 0.887. The van der Waals surface area contributed by atoms with E-state index in [0.717, 1.165) is 10.4 Å². The Hall–Kier alpha value is -0.280. The van der Waals surface area contributed by atoms with Gasteiger partial charge in [0.05, 0.1) is 6.04 Å². The summed E-state index contributed by atoms with van der Waals surface area (Å²) >= 11 is 3.32. The molecule has 0 saturated heterocycles. The highest BCUT2D eigenvalue weighted by Gasteiger charge is 2.39. The Balaban J connectivity index is 2.17. The Morgan fingerprint density at radius 3 is 2.73 bits per heavy atom. The van der Waals surface area contributed by atoms with Gasteiger partial charge in [0.25, 0.3) is 0 Å². The molecule has 84 valence electrons. The van der Waals surface area contributed by atoms with Crippen LogP contribution < -0.4 is 5.73 Å². The van der Waals surface area contributed by atoms with E-state index in [2.05, 4.69) is 29.8 Å². The van der Waals surface area contributed by atoms with Crippen LogP contribution in [0.25, 0.3) is 0 Å². The molecule has 0 bridgehead atoms. The van der Waals surface area contributed by atoms with Gasteiger partial charge in [-0.2, -0.15) is 0 Å². The second-order valence-electron chi connectivity index (χ2n) is 5.15. The third-order valence-corrected chi connectivity index (χ3v) is 4.12. The molecule has 1 aromatic rings. The van der Waals surface area contributed by atoms with E-state index in [-0.39, 0.29) is 6.04 Å². The molecule has 0 spiro atoms. The van der Waals surface area contributed by atoms with Gasteiger partial charge in [0.2, 0.25) is 0 Å². The average Bonchev–Trinajstić information content (AvgIpc) is 2.70. The summed E-state index contributed by atoms with van der Waals surface area (Å²) in [5.74, 6) is 1.44. The van der Waals surface area contributed by atoms with Crippen LogP contribution in [0.3, 0.4) is 0 Å². The van der Waals surface area contributed by atoms with Gasteiger partial charge < -0.3 is 10.2 Å². The normalized spacial score (nSPS) is 26.8. The summed E-state index contributed by atoms with van der Waals surface area (Å²) in [6.45, 7) is 4.62. The molecule has 0 aromatic carbocycles. The number of furan rings is 1. The maximum Gasteiger partial charge on any atom is 0.169 e. The van der Waals surface area contributed by atoms with Crippen LogP contribution in [0.1, 0.15) is 44.9 Å². The molecular formula is C12H18BrNO. The number of hydrogen-bond donors (Lipinski definition) is 1. The predicted octanol–water partition coefficient (Wildman–Crippen LogP) is 3.87. The Morgan fingerprint density at radius 2 is 2.27 bits per heavy atom. The van der Waals surface area contributed by atoms with Crippen LogP contribution >= 0.6 is 15.9 Å². The molecule has 2 N–H and O–H groups in total. The summed E-state index contributed by atoms with van der Waals surface area (Å²) in [7, 11) is 0. The first-order chi connectivity index (χ1) is 7.00. The van der Waals surface area contributed by atoms with Crippen molar-refractivity contribution in [3.8, 4) is 0 Å². The van der Waals surface area contributed by atoms with Crippen LogP contribution in [0.5, 0.6) is 0 Å². The molecule has 2 atom stereocenters. The highest BCUT2D eigenvalue weighted by molar-refractivity contribution is 9.10. The summed E-state index contributed by atoms with van der Waals surface area (Å²) in [6, 6.07) is 3.93. The lowest BCUT2D eigenvalue weighted by atomic mass is 9.77. The van der Waals surface area contributed by atoms with E-state index in [1.54, 1.807) is 0 Å². The fourth-order valence-corrected chi connectivity index (χ4v) is 3.04. The Morgan fingerprint density at radius 1 is 1.53 bits per heavy atom. The van der Waals surface area contributed by atoms with E-state index >= 15 is 0 Å². The smallest absolute Gasteiger partial charge is 0.169 e. The largest absolute Gasteiger partial charge is 0.453 e. The van der Waals surface area contributed by atoms with Crippen molar-refractivity contribution < 1.29 is 4.42 Å². The van der Waals surface area contributed by atoms with Crippen LogP contribution in [-0.4, -0.2) is 0 Å². The molecule has 2 rings (SSSR count). The van der Waals surface area contributed by atoms with Crippen molar-refractivity contribution in [3.05, 3.63) is 22.6 Å². The van der Waals surface area contributed by atoms with Crippen LogP contribution in [0.2, 0.25) is 0 Å². The maximum atomic E-state index is 6.27. The highest BCUT2D eigenvalue weighted by atomic mass is 79.9. The van der Waals surface area contributed by atoms with Crippen LogP contribution in [-0.2, 0) is 0 Å². The van der Waals surface area contributed by atoms with Gasteiger partial charge in [-0.3, -0.25) is 0 Å². The molecule has 2 unspecified atom stereocenters. The van der Waals surface area contributed by atoms with Gasteiger partial charge in [-0.05, 0) is 52.2 Å². The van der Waals surface area contributed by atoms with Crippen LogP contribution in [0.15, 0.2) is 21.2 Å². The molecule has 1 fully saturated rings. The van der Waals surface area contributed by atoms with E-state index in [1.807, 2.05) is 12.1 Å². The molecule has 3 heteroatoms. The first-order valence-corrected chi connectivity index (χ1v) is 6.31. The molecule has 15 heavy (non-hydrogen) atoms. The second kappa shape index (κ2) is 3.95. The van der Waals surface area contributed by atoms with Gasteiger partial charge in [0, 0.05) is 0 Å². The molecule has 0 aliphatic heterocycles. The fraction of sp³-hybridized carbons (Fsp3) is 0.667. The Kier molecular flexibility index (Phi) is 2.95. The predicted molar refractivity (Wildman–Crippen MR) is 64.5 cm³/mol. The molecule has 1 aromatic heterocycles. The molecule has 1 heterocycles. The SMILES string of the molecule is CC1(C)CCCC1C(N)c1ccc(Br)o1. The molecule has 0 amide bonds. The van der Waals surface area contributed by atoms with E-state index in [9.17, 15) is 0 Å². The molecule has 1 aliphatic rings. The summed E-state index contributed by atoms with van der Waals surface area (Å²) in [4.78, 5) is 0. The fourth-order valence-electron chi connectivity index (χ4n) is 2.73. The first kappa shape index (κ1) is 11.2. The second-order valence-corrected chi connectivity index (χ2v) is 5.94. The van der Waals surface area contributed by atoms with E-state index < -0.39 is 0 Å². The first-order valence-electron chi connectivity index (χ1n) is 5.51. The van der Waals surface area contributed by atoms with Crippen LogP contribution in [0.4, 0.5) is 0 Å². The van der Waals surface area contributed by atoms with Crippen LogP contribution in [0, 0.1) is 11.3 Å². The molecule has 1 aliphatic carbocycles. The highest BCUT2D eigenvalue weighted by Crippen LogP contribution is 2.48. The van der Waals surface area contributed by atoms with E-state index in [0.29, 0.717) is 11.3 Å². The zero-order chi connectivity index (χ0) is 11.1. The summed E-state index contributed by atoms with van der Waals surface area (Å²) < 4.78 is 6.31. The molecule has 2 nitrogen and oxygen atoms in total. The molecular weight excluding hydrogens is 254 g/mol. The number of hydrogen-bond acceptors (Lipinski definition) is 2. The lowest BCUT2D eigenvalue weighted by Crippen LogP contribution is -2.29. The number of halogens is 1. The van der Waals surface area contributed by atoms with Crippen molar-refractivity contribution in [2.45, 2.75) is 39.2 Å². The van der Waals surface area contributed by atoms with Crippen molar-refractivity contribution >= 4 is 15.9 Å². The van der Waals surface area contributed by atoms with Gasteiger partial charge in [0.15, 0.2) is 4.67 Å². The minimum Gasteiger partial charge on any atom is -0.453 e. The topological polar surface area (TPSA) is 39.2 Å². The van der Waals surface area contributed by atoms with Crippen molar-refractivity contribution in [3.63, 3.8) is 0 Å². The number of rotatable bonds is 2. The minimum absolute atomic E-state index is 0.0359. The van der Waals surface area contributed by atoms with Gasteiger partial charge in [-0.1, -0.05) is 20.3 Å². The third kappa shape index (κ3) is 2.13. The summed E-state index contributed by atoms with van der Waals surface area (Å²) in [5, 5.41) is 0. The zero-order valence-electron chi connectivity index (χ0n) is 9.29. The Bertz CT molecular complexity index is 345. The average molecular weight is 272 g/mol. The zero-order valence-corrected chi connectivity index (χ0v) is 10.9. The summed E-state index contributed by atoms with van der Waals surface area (Å²) in [6.07, 6.45) is 3.77. The van der Waals surface area contributed by atoms with E-state index in [1.165, 1.54) is 19.3 Å². The van der Waals surface area contributed by atoms with Gasteiger partial charge in [-0.15, -0.1) is 0 Å². The van der Waals surface area contributed by atoms with Gasteiger partial charge in [0.1, 0.15) is 5.76 Å². The molecule has 0 radical (unpaired) electrons. The summed E-state index contributed by atoms with van der Waals surface area (Å²) in [5.41, 5.74) is 6.62. The maximum absolute atomic E-state index is 6.27.